The lowest BCUT2D eigenvalue weighted by Crippen LogP contribution is -2.38. The van der Waals surface area contributed by atoms with Gasteiger partial charge >= 0.3 is 0 Å². The number of hydrogen-bond donors (Lipinski definition) is 1. The molecule has 0 radical (unpaired) electrons. The Morgan fingerprint density at radius 3 is 2.87 bits per heavy atom. The lowest BCUT2D eigenvalue weighted by Gasteiger charge is -2.23. The number of nitrogens with zero attached hydrogens (tertiary/aromatic N) is 1. The molecule has 0 aliphatic carbocycles. The minimum Gasteiger partial charge on any atom is -0.393 e. The Kier molecular flexibility index (Phi) is 4.98. The van der Waals surface area contributed by atoms with Crippen molar-refractivity contribution in [2.24, 2.45) is 11.7 Å². The van der Waals surface area contributed by atoms with E-state index in [1.165, 1.54) is 0 Å². The van der Waals surface area contributed by atoms with E-state index in [1.54, 1.807) is 4.90 Å². The molecule has 1 saturated heterocycles. The highest BCUT2D eigenvalue weighted by molar-refractivity contribution is 7.80. The van der Waals surface area contributed by atoms with Gasteiger partial charge in [-0.15, -0.1) is 0 Å². The third kappa shape index (κ3) is 3.76. The fourth-order valence-electron chi connectivity index (χ4n) is 1.66. The van der Waals surface area contributed by atoms with Gasteiger partial charge in [0.15, 0.2) is 0 Å². The Hall–Kier alpha value is -0.680. The highest BCUT2D eigenvalue weighted by Gasteiger charge is 2.26. The maximum absolute atomic E-state index is 12.0. The largest absolute Gasteiger partial charge is 0.393 e. The van der Waals surface area contributed by atoms with Crippen LogP contribution in [0.25, 0.3) is 0 Å². The van der Waals surface area contributed by atoms with E-state index in [9.17, 15) is 4.79 Å². The molecule has 2 N–H and O–H groups in total. The maximum atomic E-state index is 12.0. The van der Waals surface area contributed by atoms with Crippen molar-refractivity contribution >= 4 is 23.1 Å². The van der Waals surface area contributed by atoms with Crippen molar-refractivity contribution in [1.29, 1.82) is 0 Å². The number of thiocarbonyl (C=S) groups is 1. The van der Waals surface area contributed by atoms with Gasteiger partial charge in [-0.1, -0.05) is 12.2 Å². The van der Waals surface area contributed by atoms with Gasteiger partial charge in [-0.2, -0.15) is 0 Å². The predicted molar refractivity (Wildman–Crippen MR) is 62.6 cm³/mol. The second-order valence-corrected chi connectivity index (χ2v) is 4.22. The molecule has 1 fully saturated rings. The van der Waals surface area contributed by atoms with E-state index in [-0.39, 0.29) is 11.8 Å². The number of ether oxygens (including phenoxy) is 1. The summed E-state index contributed by atoms with van der Waals surface area (Å²) in [5.41, 5.74) is 5.42. The molecule has 0 aromatic rings. The van der Waals surface area contributed by atoms with Crippen LogP contribution in [-0.2, 0) is 9.53 Å². The van der Waals surface area contributed by atoms with Gasteiger partial charge in [0.1, 0.15) is 0 Å². The first kappa shape index (κ1) is 12.4. The SMILES string of the molecule is CCN(CCC(N)=S)C(=O)C1CCOC1. The van der Waals surface area contributed by atoms with Crippen LogP contribution in [0.1, 0.15) is 19.8 Å². The molecule has 15 heavy (non-hydrogen) atoms. The number of carbonyl (C=O) groups excluding carboxylic acids is 1. The number of hydrogen-bond acceptors (Lipinski definition) is 3. The van der Waals surface area contributed by atoms with Crippen LogP contribution in [0.4, 0.5) is 0 Å². The van der Waals surface area contributed by atoms with Crippen LogP contribution in [0.15, 0.2) is 0 Å². The number of nitrogens with two attached hydrogens (primary N) is 1. The van der Waals surface area contributed by atoms with Crippen LogP contribution in [0, 0.1) is 5.92 Å². The van der Waals surface area contributed by atoms with Crippen molar-refractivity contribution in [2.45, 2.75) is 19.8 Å². The molecule has 0 spiro atoms. The molecule has 1 amide bonds. The summed E-state index contributed by atoms with van der Waals surface area (Å²) in [4.78, 5) is 14.2. The van der Waals surface area contributed by atoms with Crippen molar-refractivity contribution in [3.05, 3.63) is 0 Å². The van der Waals surface area contributed by atoms with Gasteiger partial charge in [0.25, 0.3) is 0 Å². The summed E-state index contributed by atoms with van der Waals surface area (Å²) < 4.78 is 5.20. The van der Waals surface area contributed by atoms with Gasteiger partial charge in [-0.25, -0.2) is 0 Å². The molecule has 86 valence electrons. The number of amides is 1. The summed E-state index contributed by atoms with van der Waals surface area (Å²) in [5.74, 6) is 0.211. The van der Waals surface area contributed by atoms with Crippen molar-refractivity contribution in [3.8, 4) is 0 Å². The minimum atomic E-state index is 0.0382. The molecule has 0 aromatic carbocycles. The first-order valence-corrected chi connectivity index (χ1v) is 5.70. The predicted octanol–water partition coefficient (Wildman–Crippen LogP) is 0.548. The Morgan fingerprint density at radius 2 is 2.40 bits per heavy atom. The van der Waals surface area contributed by atoms with Crippen molar-refractivity contribution in [3.63, 3.8) is 0 Å². The normalized spacial score (nSPS) is 20.2. The highest BCUT2D eigenvalue weighted by atomic mass is 32.1. The molecular formula is C10H18N2O2S. The van der Waals surface area contributed by atoms with Crippen LogP contribution in [-0.4, -0.2) is 42.1 Å². The van der Waals surface area contributed by atoms with E-state index in [2.05, 4.69) is 0 Å². The third-order valence-electron chi connectivity index (χ3n) is 2.60. The molecule has 5 heteroatoms. The zero-order valence-corrected chi connectivity index (χ0v) is 9.89. The molecule has 1 aliphatic heterocycles. The van der Waals surface area contributed by atoms with E-state index in [0.29, 0.717) is 37.7 Å². The first-order chi connectivity index (χ1) is 7.15. The van der Waals surface area contributed by atoms with Crippen LogP contribution < -0.4 is 5.73 Å². The van der Waals surface area contributed by atoms with Crippen LogP contribution in [0.3, 0.4) is 0 Å². The Labute approximate surface area is 95.8 Å². The molecule has 1 unspecified atom stereocenters. The van der Waals surface area contributed by atoms with Gasteiger partial charge < -0.3 is 15.4 Å². The lowest BCUT2D eigenvalue weighted by atomic mass is 10.1. The third-order valence-corrected chi connectivity index (χ3v) is 2.80. The zero-order chi connectivity index (χ0) is 11.3. The second-order valence-electron chi connectivity index (χ2n) is 3.69. The topological polar surface area (TPSA) is 55.6 Å². The summed E-state index contributed by atoms with van der Waals surface area (Å²) in [6, 6.07) is 0. The van der Waals surface area contributed by atoms with Crippen molar-refractivity contribution < 1.29 is 9.53 Å². The van der Waals surface area contributed by atoms with E-state index in [0.717, 1.165) is 6.42 Å². The molecule has 1 heterocycles. The van der Waals surface area contributed by atoms with Gasteiger partial charge in [-0.3, -0.25) is 4.79 Å². The van der Waals surface area contributed by atoms with Gasteiger partial charge in [0, 0.05) is 26.1 Å². The Bertz CT molecular complexity index is 240. The smallest absolute Gasteiger partial charge is 0.228 e. The quantitative estimate of drug-likeness (QED) is 0.701. The molecule has 0 saturated carbocycles. The summed E-state index contributed by atoms with van der Waals surface area (Å²) in [6.07, 6.45) is 1.44. The fourth-order valence-corrected chi connectivity index (χ4v) is 1.75. The van der Waals surface area contributed by atoms with Crippen molar-refractivity contribution in [1.82, 2.24) is 4.90 Å². The average molecular weight is 230 g/mol. The zero-order valence-electron chi connectivity index (χ0n) is 9.07. The fraction of sp³-hybridized carbons (Fsp3) is 0.800. The van der Waals surface area contributed by atoms with Crippen LogP contribution >= 0.6 is 12.2 Å². The number of carbonyl (C=O) groups is 1. The van der Waals surface area contributed by atoms with Gasteiger partial charge in [0.2, 0.25) is 5.91 Å². The number of rotatable bonds is 5. The van der Waals surface area contributed by atoms with E-state index in [4.69, 9.17) is 22.7 Å². The van der Waals surface area contributed by atoms with Gasteiger partial charge in [-0.05, 0) is 13.3 Å². The first-order valence-electron chi connectivity index (χ1n) is 5.30. The molecule has 1 atom stereocenters. The summed E-state index contributed by atoms with van der Waals surface area (Å²) >= 11 is 4.80. The van der Waals surface area contributed by atoms with Crippen molar-refractivity contribution in [2.75, 3.05) is 26.3 Å². The Balaban J connectivity index is 2.42. The van der Waals surface area contributed by atoms with E-state index < -0.39 is 0 Å². The minimum absolute atomic E-state index is 0.0382. The molecule has 4 nitrogen and oxygen atoms in total. The maximum Gasteiger partial charge on any atom is 0.228 e. The standard InChI is InChI=1S/C10H18N2O2S/c1-2-12(5-3-9(11)15)10(13)8-4-6-14-7-8/h8H,2-7H2,1H3,(H2,11,15). The summed E-state index contributed by atoms with van der Waals surface area (Å²) in [7, 11) is 0. The monoisotopic (exact) mass is 230 g/mol. The van der Waals surface area contributed by atoms with Crippen LogP contribution in [0.5, 0.6) is 0 Å². The molecule has 0 aromatic heterocycles. The Morgan fingerprint density at radius 1 is 1.67 bits per heavy atom. The summed E-state index contributed by atoms with van der Waals surface area (Å²) in [6.45, 7) is 4.55. The van der Waals surface area contributed by atoms with E-state index >= 15 is 0 Å². The van der Waals surface area contributed by atoms with Gasteiger partial charge in [0.05, 0.1) is 17.5 Å². The second kappa shape index (κ2) is 6.02. The lowest BCUT2D eigenvalue weighted by molar-refractivity contribution is -0.135. The molecular weight excluding hydrogens is 212 g/mol. The summed E-state index contributed by atoms with van der Waals surface area (Å²) in [5, 5.41) is 0. The molecule has 1 aliphatic rings. The molecule has 1 rings (SSSR count). The van der Waals surface area contributed by atoms with Crippen LogP contribution in [0.2, 0.25) is 0 Å². The highest BCUT2D eigenvalue weighted by Crippen LogP contribution is 2.15. The average Bonchev–Trinajstić information content (AvgIpc) is 2.70. The van der Waals surface area contributed by atoms with E-state index in [1.807, 2.05) is 6.92 Å². The molecule has 0 bridgehead atoms.